The highest BCUT2D eigenvalue weighted by Crippen LogP contribution is 2.31. The summed E-state index contributed by atoms with van der Waals surface area (Å²) >= 11 is 1.27. The van der Waals surface area contributed by atoms with Crippen molar-refractivity contribution in [1.82, 2.24) is 9.55 Å². The van der Waals surface area contributed by atoms with Gasteiger partial charge in [0, 0.05) is 31.3 Å². The zero-order chi connectivity index (χ0) is 22.1. The maximum absolute atomic E-state index is 13.1. The van der Waals surface area contributed by atoms with Crippen LogP contribution in [0.1, 0.15) is 29.8 Å². The molecule has 31 heavy (non-hydrogen) atoms. The lowest BCUT2D eigenvalue weighted by molar-refractivity contribution is -0.116. The second kappa shape index (κ2) is 8.51. The molecule has 6 nitrogen and oxygen atoms in total. The van der Waals surface area contributed by atoms with Crippen molar-refractivity contribution in [2.24, 2.45) is 0 Å². The Morgan fingerprint density at radius 1 is 1.26 bits per heavy atom. The van der Waals surface area contributed by atoms with Crippen LogP contribution in [0.4, 0.5) is 5.69 Å². The first kappa shape index (κ1) is 21.1. The van der Waals surface area contributed by atoms with Crippen LogP contribution >= 0.6 is 11.8 Å². The molecule has 0 bridgehead atoms. The number of aromatic nitrogens is 2. The van der Waals surface area contributed by atoms with E-state index >= 15 is 0 Å². The van der Waals surface area contributed by atoms with Crippen LogP contribution in [0.25, 0.3) is 10.9 Å². The summed E-state index contributed by atoms with van der Waals surface area (Å²) in [6, 6.07) is 12.7. The maximum atomic E-state index is 13.1. The summed E-state index contributed by atoms with van der Waals surface area (Å²) < 4.78 is 1.55. The van der Waals surface area contributed by atoms with Crippen molar-refractivity contribution in [2.75, 3.05) is 11.4 Å². The van der Waals surface area contributed by atoms with Crippen LogP contribution in [0.5, 0.6) is 0 Å². The van der Waals surface area contributed by atoms with Gasteiger partial charge in [0.25, 0.3) is 5.56 Å². The van der Waals surface area contributed by atoms with Gasteiger partial charge in [-0.1, -0.05) is 30.0 Å². The highest BCUT2D eigenvalue weighted by Gasteiger charge is 2.25. The summed E-state index contributed by atoms with van der Waals surface area (Å²) in [4.78, 5) is 44.2. The zero-order valence-corrected chi connectivity index (χ0v) is 18.3. The maximum Gasteiger partial charge on any atom is 0.262 e. The van der Waals surface area contributed by atoms with E-state index in [0.29, 0.717) is 34.7 Å². The van der Waals surface area contributed by atoms with Crippen LogP contribution in [0.15, 0.2) is 65.1 Å². The average molecular weight is 434 g/mol. The van der Waals surface area contributed by atoms with Crippen molar-refractivity contribution in [3.8, 4) is 0 Å². The summed E-state index contributed by atoms with van der Waals surface area (Å²) in [5.41, 5.74) is 2.94. The van der Waals surface area contributed by atoms with Crippen LogP contribution in [0.2, 0.25) is 0 Å². The number of hydrogen-bond acceptors (Lipinski definition) is 5. The second-order valence-corrected chi connectivity index (χ2v) is 8.81. The van der Waals surface area contributed by atoms with E-state index in [2.05, 4.69) is 11.6 Å². The van der Waals surface area contributed by atoms with Gasteiger partial charge in [-0.2, -0.15) is 0 Å². The van der Waals surface area contributed by atoms with Gasteiger partial charge in [-0.15, -0.1) is 6.58 Å². The fourth-order valence-electron chi connectivity index (χ4n) is 3.86. The SMILES string of the molecule is C=CCn1c(S[C@H](C)C(=O)c2ccc3c(c2)CCN3C(C)=O)nc2ccccc2c1=O. The Morgan fingerprint density at radius 3 is 2.77 bits per heavy atom. The molecule has 0 spiro atoms. The van der Waals surface area contributed by atoms with Gasteiger partial charge in [-0.05, 0) is 49.2 Å². The van der Waals surface area contributed by atoms with Crippen LogP contribution in [0, 0.1) is 0 Å². The van der Waals surface area contributed by atoms with E-state index in [1.165, 1.54) is 11.8 Å². The molecule has 1 atom stereocenters. The number of para-hydroxylation sites is 1. The molecule has 7 heteroatoms. The van der Waals surface area contributed by atoms with Crippen LogP contribution < -0.4 is 10.5 Å². The van der Waals surface area contributed by atoms with E-state index in [9.17, 15) is 14.4 Å². The minimum absolute atomic E-state index is 0.00400. The molecular weight excluding hydrogens is 410 g/mol. The fraction of sp³-hybridized carbons (Fsp3) is 0.250. The molecule has 1 aliphatic heterocycles. The van der Waals surface area contributed by atoms with Gasteiger partial charge in [0.05, 0.1) is 16.2 Å². The first-order valence-corrected chi connectivity index (χ1v) is 11.0. The third-order valence-corrected chi connectivity index (χ3v) is 6.52. The van der Waals surface area contributed by atoms with E-state index < -0.39 is 5.25 Å². The van der Waals surface area contributed by atoms with Crippen molar-refractivity contribution >= 4 is 40.0 Å². The van der Waals surface area contributed by atoms with Crippen molar-refractivity contribution in [1.29, 1.82) is 0 Å². The predicted molar refractivity (Wildman–Crippen MR) is 124 cm³/mol. The van der Waals surface area contributed by atoms with E-state index in [4.69, 9.17) is 0 Å². The molecule has 0 N–H and O–H groups in total. The van der Waals surface area contributed by atoms with Gasteiger partial charge in [-0.3, -0.25) is 19.0 Å². The fourth-order valence-corrected chi connectivity index (χ4v) is 4.85. The third kappa shape index (κ3) is 3.93. The Morgan fingerprint density at radius 2 is 2.03 bits per heavy atom. The summed E-state index contributed by atoms with van der Waals surface area (Å²) in [7, 11) is 0. The lowest BCUT2D eigenvalue weighted by Crippen LogP contribution is -2.25. The number of thioether (sulfide) groups is 1. The van der Waals surface area contributed by atoms with Gasteiger partial charge in [-0.25, -0.2) is 4.98 Å². The number of anilines is 1. The number of allylic oxidation sites excluding steroid dienone is 1. The number of carbonyl (C=O) groups is 2. The van der Waals surface area contributed by atoms with Crippen LogP contribution in [-0.4, -0.2) is 33.0 Å². The number of fused-ring (bicyclic) bond motifs is 2. The topological polar surface area (TPSA) is 72.3 Å². The highest BCUT2D eigenvalue weighted by atomic mass is 32.2. The molecule has 0 aliphatic carbocycles. The van der Waals surface area contributed by atoms with Gasteiger partial charge in [0.1, 0.15) is 0 Å². The smallest absolute Gasteiger partial charge is 0.262 e. The van der Waals surface area contributed by atoms with E-state index in [0.717, 1.165) is 17.7 Å². The molecule has 0 saturated heterocycles. The molecule has 4 rings (SSSR count). The number of nitrogens with zero attached hydrogens (tertiary/aromatic N) is 3. The summed E-state index contributed by atoms with van der Waals surface area (Å²) in [6.07, 6.45) is 2.39. The Balaban J connectivity index is 1.63. The summed E-state index contributed by atoms with van der Waals surface area (Å²) in [5, 5.41) is 0.599. The van der Waals surface area contributed by atoms with Gasteiger partial charge in [0.2, 0.25) is 5.91 Å². The molecule has 0 radical (unpaired) electrons. The largest absolute Gasteiger partial charge is 0.312 e. The lowest BCUT2D eigenvalue weighted by Gasteiger charge is -2.16. The average Bonchev–Trinajstić information content (AvgIpc) is 3.19. The Kier molecular flexibility index (Phi) is 5.78. The molecule has 0 saturated carbocycles. The predicted octanol–water partition coefficient (Wildman–Crippen LogP) is 3.86. The van der Waals surface area contributed by atoms with E-state index in [1.54, 1.807) is 40.7 Å². The number of benzene rings is 2. The highest BCUT2D eigenvalue weighted by molar-refractivity contribution is 8.00. The quantitative estimate of drug-likeness (QED) is 0.256. The number of amides is 1. The number of Topliss-reactive ketones (excluding diaryl/α,β-unsaturated/α-hetero) is 1. The van der Waals surface area contributed by atoms with Gasteiger partial charge in [0.15, 0.2) is 10.9 Å². The van der Waals surface area contributed by atoms with Crippen LogP contribution in [0.3, 0.4) is 0 Å². The van der Waals surface area contributed by atoms with E-state index in [-0.39, 0.29) is 17.2 Å². The molecule has 158 valence electrons. The first-order valence-electron chi connectivity index (χ1n) is 10.1. The molecule has 2 aromatic carbocycles. The standard InChI is InChI=1S/C24H23N3O3S/c1-4-12-27-23(30)19-7-5-6-8-20(19)25-24(27)31-15(2)22(29)18-9-10-21-17(14-18)11-13-26(21)16(3)28/h4-10,14-15H,1,11-13H2,2-3H3/t15-/m1/s1. The van der Waals surface area contributed by atoms with Crippen molar-refractivity contribution in [3.63, 3.8) is 0 Å². The first-order chi connectivity index (χ1) is 14.9. The molecule has 0 unspecified atom stereocenters. The van der Waals surface area contributed by atoms with Crippen molar-refractivity contribution in [3.05, 3.63) is 76.6 Å². The molecule has 1 aromatic heterocycles. The molecule has 3 aromatic rings. The zero-order valence-electron chi connectivity index (χ0n) is 17.5. The normalized spacial score (nSPS) is 13.8. The van der Waals surface area contributed by atoms with Gasteiger partial charge >= 0.3 is 0 Å². The molecule has 0 fully saturated rings. The number of carbonyl (C=O) groups excluding carboxylic acids is 2. The van der Waals surface area contributed by atoms with Gasteiger partial charge < -0.3 is 4.90 Å². The van der Waals surface area contributed by atoms with Crippen molar-refractivity contribution in [2.45, 2.75) is 37.2 Å². The van der Waals surface area contributed by atoms with E-state index in [1.807, 2.05) is 31.2 Å². The molecule has 2 heterocycles. The monoisotopic (exact) mass is 433 g/mol. The number of hydrogen-bond donors (Lipinski definition) is 0. The number of ketones is 1. The summed E-state index contributed by atoms with van der Waals surface area (Å²) in [5.74, 6) is -0.0362. The molecular formula is C24H23N3O3S. The minimum Gasteiger partial charge on any atom is -0.312 e. The summed E-state index contributed by atoms with van der Waals surface area (Å²) in [6.45, 7) is 8.07. The third-order valence-electron chi connectivity index (χ3n) is 5.43. The Labute approximate surface area is 184 Å². The van der Waals surface area contributed by atoms with Crippen LogP contribution in [-0.2, 0) is 17.8 Å². The molecule has 1 amide bonds. The second-order valence-electron chi connectivity index (χ2n) is 7.50. The number of rotatable bonds is 6. The Hall–Kier alpha value is -3.19. The molecule has 1 aliphatic rings. The minimum atomic E-state index is -0.438. The lowest BCUT2D eigenvalue weighted by atomic mass is 10.0. The van der Waals surface area contributed by atoms with Crippen molar-refractivity contribution < 1.29 is 9.59 Å². The Bertz CT molecular complexity index is 1260.